The van der Waals surface area contributed by atoms with E-state index in [1.54, 1.807) is 5.48 Å². The van der Waals surface area contributed by atoms with Crippen LogP contribution in [0.3, 0.4) is 0 Å². The molecular formula is C15H19ClN4O2. The molecule has 6 nitrogen and oxygen atoms in total. The molecule has 0 aliphatic heterocycles. The van der Waals surface area contributed by atoms with Gasteiger partial charge in [0.15, 0.2) is 0 Å². The Hall–Kier alpha value is -1.92. The van der Waals surface area contributed by atoms with Crippen LogP contribution in [0.5, 0.6) is 0 Å². The highest BCUT2D eigenvalue weighted by molar-refractivity contribution is 6.31. The molecule has 2 aromatic rings. The number of nitrogens with zero attached hydrogens (tertiary/aromatic N) is 2. The first kappa shape index (κ1) is 16.5. The van der Waals surface area contributed by atoms with Crippen molar-refractivity contribution >= 4 is 34.2 Å². The maximum atomic E-state index is 10.8. The van der Waals surface area contributed by atoms with Crippen molar-refractivity contribution in [2.24, 2.45) is 0 Å². The van der Waals surface area contributed by atoms with Gasteiger partial charge in [-0.05, 0) is 31.0 Å². The van der Waals surface area contributed by atoms with E-state index in [2.05, 4.69) is 15.3 Å². The summed E-state index contributed by atoms with van der Waals surface area (Å²) in [4.78, 5) is 19.3. The predicted octanol–water partition coefficient (Wildman–Crippen LogP) is 3.15. The lowest BCUT2D eigenvalue weighted by molar-refractivity contribution is -0.129. The quantitative estimate of drug-likeness (QED) is 0.395. The van der Waals surface area contributed by atoms with Gasteiger partial charge in [-0.3, -0.25) is 10.0 Å². The van der Waals surface area contributed by atoms with Crippen molar-refractivity contribution in [3.05, 3.63) is 29.5 Å². The van der Waals surface area contributed by atoms with Crippen LogP contribution in [0, 0.1) is 0 Å². The lowest BCUT2D eigenvalue weighted by Gasteiger charge is -2.08. The van der Waals surface area contributed by atoms with Gasteiger partial charge in [-0.2, -0.15) is 0 Å². The fourth-order valence-electron chi connectivity index (χ4n) is 2.20. The second-order valence-corrected chi connectivity index (χ2v) is 5.45. The van der Waals surface area contributed by atoms with E-state index >= 15 is 0 Å². The third kappa shape index (κ3) is 4.82. The smallest absolute Gasteiger partial charge is 0.243 e. The average Bonchev–Trinajstić information content (AvgIpc) is 2.53. The van der Waals surface area contributed by atoms with Crippen molar-refractivity contribution in [1.82, 2.24) is 15.4 Å². The van der Waals surface area contributed by atoms with Crippen LogP contribution in [0.2, 0.25) is 5.02 Å². The summed E-state index contributed by atoms with van der Waals surface area (Å²) in [5.41, 5.74) is 2.45. The number of hydrogen-bond acceptors (Lipinski definition) is 5. The molecule has 1 aromatic heterocycles. The van der Waals surface area contributed by atoms with Crippen LogP contribution in [0.1, 0.15) is 32.1 Å². The van der Waals surface area contributed by atoms with Crippen LogP contribution >= 0.6 is 11.6 Å². The van der Waals surface area contributed by atoms with E-state index < -0.39 is 0 Å². The number of halogens is 1. The van der Waals surface area contributed by atoms with Crippen molar-refractivity contribution < 1.29 is 10.0 Å². The number of rotatable bonds is 8. The molecule has 22 heavy (non-hydrogen) atoms. The lowest BCUT2D eigenvalue weighted by atomic mass is 10.1. The molecule has 118 valence electrons. The third-order valence-electron chi connectivity index (χ3n) is 3.35. The first-order valence-electron chi connectivity index (χ1n) is 7.28. The minimum absolute atomic E-state index is 0.329. The van der Waals surface area contributed by atoms with Crippen LogP contribution in [-0.2, 0) is 4.79 Å². The number of amides is 1. The molecule has 2 rings (SSSR count). The summed E-state index contributed by atoms with van der Waals surface area (Å²) in [5, 5.41) is 13.3. The Balaban J connectivity index is 1.75. The van der Waals surface area contributed by atoms with Crippen molar-refractivity contribution in [1.29, 1.82) is 0 Å². The number of hydrogen-bond donors (Lipinski definition) is 3. The van der Waals surface area contributed by atoms with Crippen molar-refractivity contribution in [3.63, 3.8) is 0 Å². The summed E-state index contributed by atoms with van der Waals surface area (Å²) in [7, 11) is 0. The fourth-order valence-corrected chi connectivity index (χ4v) is 2.36. The Morgan fingerprint density at radius 2 is 2.00 bits per heavy atom. The Labute approximate surface area is 133 Å². The number of benzene rings is 1. The fraction of sp³-hybridized carbons (Fsp3) is 0.400. The van der Waals surface area contributed by atoms with Gasteiger partial charge in [0.2, 0.25) is 5.91 Å². The monoisotopic (exact) mass is 322 g/mol. The molecule has 7 heteroatoms. The van der Waals surface area contributed by atoms with Crippen LogP contribution < -0.4 is 10.8 Å². The maximum Gasteiger partial charge on any atom is 0.243 e. The van der Waals surface area contributed by atoms with Crippen molar-refractivity contribution in [2.75, 3.05) is 11.9 Å². The number of hydroxylamine groups is 1. The molecule has 0 unspecified atom stereocenters. The van der Waals surface area contributed by atoms with Gasteiger partial charge in [0, 0.05) is 23.4 Å². The molecule has 0 fully saturated rings. The zero-order chi connectivity index (χ0) is 15.8. The van der Waals surface area contributed by atoms with E-state index in [0.717, 1.165) is 48.9 Å². The molecule has 0 bridgehead atoms. The van der Waals surface area contributed by atoms with Gasteiger partial charge in [0.25, 0.3) is 0 Å². The van der Waals surface area contributed by atoms with Gasteiger partial charge < -0.3 is 5.32 Å². The summed E-state index contributed by atoms with van der Waals surface area (Å²) in [5.74, 6) is 0.477. The van der Waals surface area contributed by atoms with Gasteiger partial charge in [0.05, 0.1) is 5.52 Å². The van der Waals surface area contributed by atoms with Gasteiger partial charge in [0.1, 0.15) is 12.1 Å². The standard InChI is InChI=1S/C15H19ClN4O2/c16-11-6-7-12-13(9-11)18-10-19-15(12)17-8-4-2-1-3-5-14(21)20-22/h6-7,9-10,22H,1-5,8H2,(H,20,21)(H,17,18,19). The highest BCUT2D eigenvalue weighted by Crippen LogP contribution is 2.22. The molecule has 1 heterocycles. The van der Waals surface area contributed by atoms with E-state index in [1.807, 2.05) is 18.2 Å². The second-order valence-electron chi connectivity index (χ2n) is 5.01. The number of fused-ring (bicyclic) bond motifs is 1. The molecule has 0 spiro atoms. The Bertz CT molecular complexity index is 636. The van der Waals surface area contributed by atoms with E-state index in [1.165, 1.54) is 6.33 Å². The molecule has 3 N–H and O–H groups in total. The molecule has 0 saturated heterocycles. The molecule has 1 amide bonds. The summed E-state index contributed by atoms with van der Waals surface area (Å²) >= 11 is 5.95. The molecule has 1 aromatic carbocycles. The van der Waals surface area contributed by atoms with E-state index in [9.17, 15) is 4.79 Å². The molecular weight excluding hydrogens is 304 g/mol. The number of carbonyl (C=O) groups is 1. The normalized spacial score (nSPS) is 10.6. The van der Waals surface area contributed by atoms with Gasteiger partial charge in [-0.15, -0.1) is 0 Å². The molecule has 0 aliphatic carbocycles. The third-order valence-corrected chi connectivity index (χ3v) is 3.58. The van der Waals surface area contributed by atoms with Gasteiger partial charge in [-0.25, -0.2) is 15.4 Å². The maximum absolute atomic E-state index is 10.8. The number of anilines is 1. The Morgan fingerprint density at radius 1 is 1.18 bits per heavy atom. The van der Waals surface area contributed by atoms with Gasteiger partial charge >= 0.3 is 0 Å². The highest BCUT2D eigenvalue weighted by Gasteiger charge is 2.03. The number of nitrogens with one attached hydrogen (secondary N) is 2. The first-order chi connectivity index (χ1) is 10.7. The topological polar surface area (TPSA) is 87.1 Å². The molecule has 0 saturated carbocycles. The largest absolute Gasteiger partial charge is 0.369 e. The Morgan fingerprint density at radius 3 is 2.82 bits per heavy atom. The zero-order valence-corrected chi connectivity index (χ0v) is 12.9. The SMILES string of the molecule is O=C(CCCCCCNc1ncnc2cc(Cl)ccc12)NO. The summed E-state index contributed by atoms with van der Waals surface area (Å²) in [6, 6.07) is 5.55. The van der Waals surface area contributed by atoms with Crippen LogP contribution in [0.4, 0.5) is 5.82 Å². The highest BCUT2D eigenvalue weighted by atomic mass is 35.5. The van der Waals surface area contributed by atoms with Crippen molar-refractivity contribution in [3.8, 4) is 0 Å². The van der Waals surface area contributed by atoms with Crippen LogP contribution in [0.25, 0.3) is 10.9 Å². The van der Waals surface area contributed by atoms with Gasteiger partial charge in [-0.1, -0.05) is 24.4 Å². The van der Waals surface area contributed by atoms with E-state index in [0.29, 0.717) is 11.4 Å². The number of aromatic nitrogens is 2. The average molecular weight is 323 g/mol. The summed E-state index contributed by atoms with van der Waals surface area (Å²) in [6.45, 7) is 0.806. The second kappa shape index (κ2) is 8.51. The molecule has 0 radical (unpaired) electrons. The lowest BCUT2D eigenvalue weighted by Crippen LogP contribution is -2.17. The number of unbranched alkanes of at least 4 members (excludes halogenated alkanes) is 3. The molecule has 0 aliphatic rings. The van der Waals surface area contributed by atoms with Crippen LogP contribution in [0.15, 0.2) is 24.5 Å². The minimum atomic E-state index is -0.329. The first-order valence-corrected chi connectivity index (χ1v) is 7.65. The van der Waals surface area contributed by atoms with E-state index in [-0.39, 0.29) is 5.91 Å². The molecule has 0 atom stereocenters. The summed E-state index contributed by atoms with van der Waals surface area (Å²) in [6.07, 6.45) is 5.62. The Kier molecular flexibility index (Phi) is 6.36. The minimum Gasteiger partial charge on any atom is -0.369 e. The summed E-state index contributed by atoms with van der Waals surface area (Å²) < 4.78 is 0. The number of carbonyl (C=O) groups excluding carboxylic acids is 1. The van der Waals surface area contributed by atoms with Crippen molar-refractivity contribution in [2.45, 2.75) is 32.1 Å². The predicted molar refractivity (Wildman–Crippen MR) is 86.1 cm³/mol. The van der Waals surface area contributed by atoms with E-state index in [4.69, 9.17) is 16.8 Å². The van der Waals surface area contributed by atoms with Crippen LogP contribution in [-0.4, -0.2) is 27.6 Å². The zero-order valence-electron chi connectivity index (χ0n) is 12.2.